The van der Waals surface area contributed by atoms with Gasteiger partial charge in [-0.15, -0.1) is 0 Å². The van der Waals surface area contributed by atoms with Crippen LogP contribution in [0.1, 0.15) is 37.7 Å². The van der Waals surface area contributed by atoms with E-state index in [-0.39, 0.29) is 5.41 Å². The third-order valence-corrected chi connectivity index (χ3v) is 7.05. The number of hydrogen-bond acceptors (Lipinski definition) is 3. The summed E-state index contributed by atoms with van der Waals surface area (Å²) < 4.78 is 5.51. The zero-order chi connectivity index (χ0) is 19.4. The fourth-order valence-electron chi connectivity index (χ4n) is 5.19. The molecule has 1 atom stereocenters. The van der Waals surface area contributed by atoms with E-state index in [0.29, 0.717) is 6.04 Å². The monoisotopic (exact) mass is 404 g/mol. The molecule has 1 aromatic rings. The molecule has 0 amide bonds. The summed E-state index contributed by atoms with van der Waals surface area (Å²) in [7, 11) is 1.91. The predicted molar refractivity (Wildman–Crippen MR) is 115 cm³/mol. The van der Waals surface area contributed by atoms with Crippen molar-refractivity contribution in [2.24, 2.45) is 4.99 Å². The zero-order valence-electron chi connectivity index (χ0n) is 17.0. The third kappa shape index (κ3) is 4.32. The standard InChI is InChI=1S/C22H33ClN4O/c1-24-21(27-10-7-20(16-27)26-11-13-28-14-12-26)25-17-22(8-2-3-9-22)18-5-4-6-19(23)15-18/h4-6,15,20H,2-3,7-14,16-17H2,1H3,(H,24,25). The highest BCUT2D eigenvalue weighted by Gasteiger charge is 2.37. The van der Waals surface area contributed by atoms with Gasteiger partial charge in [0.25, 0.3) is 0 Å². The van der Waals surface area contributed by atoms with Crippen molar-refractivity contribution in [2.45, 2.75) is 43.6 Å². The molecule has 0 bridgehead atoms. The molecule has 28 heavy (non-hydrogen) atoms. The summed E-state index contributed by atoms with van der Waals surface area (Å²) >= 11 is 6.30. The molecule has 0 radical (unpaired) electrons. The lowest BCUT2D eigenvalue weighted by molar-refractivity contribution is 0.0195. The summed E-state index contributed by atoms with van der Waals surface area (Å²) in [5.41, 5.74) is 1.54. The molecular weight excluding hydrogens is 372 g/mol. The van der Waals surface area contributed by atoms with Crippen LogP contribution in [-0.4, -0.2) is 74.8 Å². The molecule has 1 N–H and O–H groups in total. The van der Waals surface area contributed by atoms with Crippen LogP contribution < -0.4 is 5.32 Å². The average Bonchev–Trinajstić information content (AvgIpc) is 3.40. The van der Waals surface area contributed by atoms with Crippen LogP contribution in [-0.2, 0) is 10.2 Å². The van der Waals surface area contributed by atoms with Crippen molar-refractivity contribution in [3.8, 4) is 0 Å². The summed E-state index contributed by atoms with van der Waals surface area (Å²) in [5.74, 6) is 1.05. The van der Waals surface area contributed by atoms with E-state index in [1.54, 1.807) is 0 Å². The zero-order valence-corrected chi connectivity index (χ0v) is 17.8. The van der Waals surface area contributed by atoms with Gasteiger partial charge in [-0.25, -0.2) is 0 Å². The second-order valence-electron chi connectivity index (χ2n) is 8.44. The Hall–Kier alpha value is -1.30. The fraction of sp³-hybridized carbons (Fsp3) is 0.682. The van der Waals surface area contributed by atoms with Crippen molar-refractivity contribution in [2.75, 3.05) is 53.0 Å². The number of nitrogens with one attached hydrogen (secondary N) is 1. The summed E-state index contributed by atoms with van der Waals surface area (Å²) in [4.78, 5) is 9.63. The first-order chi connectivity index (χ1) is 13.7. The average molecular weight is 405 g/mol. The first kappa shape index (κ1) is 20.0. The van der Waals surface area contributed by atoms with Crippen molar-refractivity contribution in [1.29, 1.82) is 0 Å². The molecule has 1 aliphatic carbocycles. The highest BCUT2D eigenvalue weighted by Crippen LogP contribution is 2.41. The molecule has 3 fully saturated rings. The number of likely N-dealkylation sites (tertiary alicyclic amines) is 1. The van der Waals surface area contributed by atoms with Gasteiger partial charge in [0.15, 0.2) is 5.96 Å². The van der Waals surface area contributed by atoms with Crippen molar-refractivity contribution in [3.63, 3.8) is 0 Å². The highest BCUT2D eigenvalue weighted by molar-refractivity contribution is 6.30. The lowest BCUT2D eigenvalue weighted by Gasteiger charge is -2.34. The molecule has 1 unspecified atom stereocenters. The largest absolute Gasteiger partial charge is 0.379 e. The Balaban J connectivity index is 1.39. The van der Waals surface area contributed by atoms with Crippen LogP contribution in [0.5, 0.6) is 0 Å². The molecule has 4 rings (SSSR count). The summed E-state index contributed by atoms with van der Waals surface area (Å²) in [6.07, 6.45) is 6.22. The van der Waals surface area contributed by atoms with Gasteiger partial charge < -0.3 is 15.0 Å². The number of hydrogen-bond donors (Lipinski definition) is 1. The van der Waals surface area contributed by atoms with Gasteiger partial charge in [0.05, 0.1) is 13.2 Å². The van der Waals surface area contributed by atoms with E-state index in [0.717, 1.165) is 56.9 Å². The minimum atomic E-state index is 0.171. The molecule has 154 valence electrons. The van der Waals surface area contributed by atoms with E-state index in [4.69, 9.17) is 16.3 Å². The molecule has 2 saturated heterocycles. The first-order valence-corrected chi connectivity index (χ1v) is 11.1. The number of nitrogens with zero attached hydrogens (tertiary/aromatic N) is 3. The maximum Gasteiger partial charge on any atom is 0.193 e. The molecular formula is C22H33ClN4O. The van der Waals surface area contributed by atoms with Gasteiger partial charge in [-0.2, -0.15) is 0 Å². The number of morpholine rings is 1. The number of benzene rings is 1. The molecule has 2 heterocycles. The quantitative estimate of drug-likeness (QED) is 0.618. The van der Waals surface area contributed by atoms with Crippen LogP contribution in [0.2, 0.25) is 5.02 Å². The lowest BCUT2D eigenvalue weighted by atomic mass is 9.79. The van der Waals surface area contributed by atoms with E-state index in [2.05, 4.69) is 38.3 Å². The molecule has 1 aromatic carbocycles. The van der Waals surface area contributed by atoms with E-state index in [9.17, 15) is 0 Å². The topological polar surface area (TPSA) is 40.1 Å². The minimum Gasteiger partial charge on any atom is -0.379 e. The second-order valence-corrected chi connectivity index (χ2v) is 8.87. The van der Waals surface area contributed by atoms with Crippen molar-refractivity contribution >= 4 is 17.6 Å². The number of guanidine groups is 1. The number of ether oxygens (including phenoxy) is 1. The molecule has 5 nitrogen and oxygen atoms in total. The molecule has 2 aliphatic heterocycles. The Morgan fingerprint density at radius 2 is 2.04 bits per heavy atom. The molecule has 6 heteroatoms. The van der Waals surface area contributed by atoms with Crippen LogP contribution in [0, 0.1) is 0 Å². The van der Waals surface area contributed by atoms with Crippen LogP contribution in [0.4, 0.5) is 0 Å². The van der Waals surface area contributed by atoms with Gasteiger partial charge in [0.2, 0.25) is 0 Å². The lowest BCUT2D eigenvalue weighted by Crippen LogP contribution is -2.48. The van der Waals surface area contributed by atoms with Crippen LogP contribution in [0.15, 0.2) is 29.3 Å². The maximum atomic E-state index is 6.30. The van der Waals surface area contributed by atoms with Crippen molar-refractivity contribution in [1.82, 2.24) is 15.1 Å². The molecule has 3 aliphatic rings. The van der Waals surface area contributed by atoms with E-state index in [1.165, 1.54) is 37.7 Å². The minimum absolute atomic E-state index is 0.171. The van der Waals surface area contributed by atoms with Gasteiger partial charge in [-0.3, -0.25) is 9.89 Å². The van der Waals surface area contributed by atoms with Gasteiger partial charge in [-0.1, -0.05) is 36.6 Å². The van der Waals surface area contributed by atoms with Crippen LogP contribution in [0.3, 0.4) is 0 Å². The van der Waals surface area contributed by atoms with Crippen molar-refractivity contribution in [3.05, 3.63) is 34.9 Å². The summed E-state index contributed by atoms with van der Waals surface area (Å²) in [5, 5.41) is 4.56. The smallest absolute Gasteiger partial charge is 0.193 e. The van der Waals surface area contributed by atoms with Gasteiger partial charge in [-0.05, 0) is 37.0 Å². The molecule has 0 aromatic heterocycles. The normalized spacial score (nSPS) is 26.0. The number of rotatable bonds is 4. The summed E-state index contributed by atoms with van der Waals surface area (Å²) in [6.45, 7) is 6.91. The van der Waals surface area contributed by atoms with Gasteiger partial charge >= 0.3 is 0 Å². The van der Waals surface area contributed by atoms with E-state index >= 15 is 0 Å². The third-order valence-electron chi connectivity index (χ3n) is 6.82. The maximum absolute atomic E-state index is 6.30. The van der Waals surface area contributed by atoms with E-state index in [1.807, 2.05) is 13.1 Å². The SMILES string of the molecule is CN=C(NCC1(c2cccc(Cl)c2)CCCC1)N1CCC(N2CCOCC2)C1. The van der Waals surface area contributed by atoms with Crippen LogP contribution >= 0.6 is 11.6 Å². The predicted octanol–water partition coefficient (Wildman–Crippen LogP) is 3.13. The number of aliphatic imine (C=N–C) groups is 1. The van der Waals surface area contributed by atoms with Gasteiger partial charge in [0.1, 0.15) is 0 Å². The highest BCUT2D eigenvalue weighted by atomic mass is 35.5. The Morgan fingerprint density at radius 3 is 2.75 bits per heavy atom. The van der Waals surface area contributed by atoms with Gasteiger partial charge in [0, 0.05) is 56.3 Å². The molecule has 0 spiro atoms. The second kappa shape index (κ2) is 9.02. The fourth-order valence-corrected chi connectivity index (χ4v) is 5.38. The summed E-state index contributed by atoms with van der Waals surface area (Å²) in [6, 6.07) is 9.07. The number of halogens is 1. The van der Waals surface area contributed by atoms with E-state index < -0.39 is 0 Å². The Kier molecular flexibility index (Phi) is 6.44. The first-order valence-electron chi connectivity index (χ1n) is 10.7. The van der Waals surface area contributed by atoms with Crippen LogP contribution in [0.25, 0.3) is 0 Å². The van der Waals surface area contributed by atoms with Crippen molar-refractivity contribution < 1.29 is 4.74 Å². The Morgan fingerprint density at radius 1 is 1.25 bits per heavy atom. The molecule has 1 saturated carbocycles. The Labute approximate surface area is 174 Å². The Bertz CT molecular complexity index is 683.